The summed E-state index contributed by atoms with van der Waals surface area (Å²) >= 11 is 7.74. The summed E-state index contributed by atoms with van der Waals surface area (Å²) in [5.74, 6) is -1.06. The Kier molecular flexibility index (Phi) is 6.66. The highest BCUT2D eigenvalue weighted by Gasteiger charge is 2.44. The van der Waals surface area contributed by atoms with E-state index in [0.717, 1.165) is 6.07 Å². The number of thiazole rings is 1. The number of aliphatic imine (C=N–C) groups is 1. The van der Waals surface area contributed by atoms with Gasteiger partial charge in [-0.15, -0.1) is 11.3 Å². The number of aromatic nitrogens is 1. The Hall–Kier alpha value is -2.38. The fourth-order valence-electron chi connectivity index (χ4n) is 4.41. The number of methoxy groups -OCH3 is 1. The standard InChI is InChI=1S/C22H22ClFN4O5S2/c1-32-22(29)17-18(12-4-6-28(9-12)35(30,31)14-10-33-11-14)26-20(21-25-5-7-34-21)27-19(17)15-3-2-13(24)8-16(15)23/h2-3,5,7-8,12,14,19H,4,6,9-11H2,1H3,(H,26,27). The van der Waals surface area contributed by atoms with Gasteiger partial charge in [-0.1, -0.05) is 17.7 Å². The van der Waals surface area contributed by atoms with Crippen LogP contribution in [0.4, 0.5) is 4.39 Å². The molecule has 0 bridgehead atoms. The lowest BCUT2D eigenvalue weighted by Gasteiger charge is -2.31. The third-order valence-electron chi connectivity index (χ3n) is 6.32. The number of amidine groups is 1. The largest absolute Gasteiger partial charge is 0.466 e. The molecule has 3 aliphatic rings. The molecule has 1 N–H and O–H groups in total. The first-order valence-corrected chi connectivity index (χ1v) is 13.6. The van der Waals surface area contributed by atoms with E-state index in [-0.39, 0.29) is 36.3 Å². The van der Waals surface area contributed by atoms with Gasteiger partial charge in [0.25, 0.3) is 0 Å². The van der Waals surface area contributed by atoms with Crippen LogP contribution in [-0.2, 0) is 24.3 Å². The van der Waals surface area contributed by atoms with Gasteiger partial charge in [0.2, 0.25) is 10.0 Å². The molecule has 1 aromatic carbocycles. The molecule has 4 heterocycles. The van der Waals surface area contributed by atoms with Gasteiger partial charge in [-0.2, -0.15) is 0 Å². The molecule has 2 atom stereocenters. The lowest BCUT2D eigenvalue weighted by atomic mass is 9.90. The second-order valence-electron chi connectivity index (χ2n) is 8.38. The molecule has 0 saturated carbocycles. The topological polar surface area (TPSA) is 110 Å². The molecule has 13 heteroatoms. The molecular formula is C22H22ClFN4O5S2. The lowest BCUT2D eigenvalue weighted by molar-refractivity contribution is -0.136. The van der Waals surface area contributed by atoms with Gasteiger partial charge < -0.3 is 14.8 Å². The average molecular weight is 541 g/mol. The number of ether oxygens (including phenoxy) is 2. The highest BCUT2D eigenvalue weighted by Crippen LogP contribution is 2.40. The van der Waals surface area contributed by atoms with Gasteiger partial charge in [0.1, 0.15) is 17.1 Å². The summed E-state index contributed by atoms with van der Waals surface area (Å²) < 4.78 is 51.3. The summed E-state index contributed by atoms with van der Waals surface area (Å²) in [5, 5.41) is 5.18. The Morgan fingerprint density at radius 2 is 2.17 bits per heavy atom. The fraction of sp³-hybridized carbons (Fsp3) is 0.409. The van der Waals surface area contributed by atoms with E-state index in [1.165, 1.54) is 34.9 Å². The Morgan fingerprint density at radius 3 is 2.80 bits per heavy atom. The predicted octanol–water partition coefficient (Wildman–Crippen LogP) is 2.50. The molecule has 0 amide bonds. The zero-order valence-corrected chi connectivity index (χ0v) is 21.0. The van der Waals surface area contributed by atoms with Crippen LogP contribution in [0, 0.1) is 11.7 Å². The molecule has 2 aromatic rings. The summed E-state index contributed by atoms with van der Waals surface area (Å²) in [6.07, 6.45) is 2.12. The van der Waals surface area contributed by atoms with Crippen molar-refractivity contribution in [3.8, 4) is 0 Å². The predicted molar refractivity (Wildman–Crippen MR) is 128 cm³/mol. The lowest BCUT2D eigenvalue weighted by Crippen LogP contribution is -2.48. The maximum Gasteiger partial charge on any atom is 0.338 e. The van der Waals surface area contributed by atoms with Crippen molar-refractivity contribution in [2.75, 3.05) is 33.4 Å². The highest BCUT2D eigenvalue weighted by atomic mass is 35.5. The molecule has 1 aromatic heterocycles. The van der Waals surface area contributed by atoms with Gasteiger partial charge in [0.15, 0.2) is 10.8 Å². The molecule has 9 nitrogen and oxygen atoms in total. The Balaban J connectivity index is 1.58. The Morgan fingerprint density at radius 1 is 1.37 bits per heavy atom. The van der Waals surface area contributed by atoms with E-state index in [4.69, 9.17) is 26.1 Å². The van der Waals surface area contributed by atoms with Crippen molar-refractivity contribution in [3.05, 3.63) is 62.5 Å². The van der Waals surface area contributed by atoms with E-state index in [9.17, 15) is 17.6 Å². The van der Waals surface area contributed by atoms with Crippen LogP contribution in [0.1, 0.15) is 23.0 Å². The van der Waals surface area contributed by atoms with Gasteiger partial charge in [-0.25, -0.2) is 26.9 Å². The van der Waals surface area contributed by atoms with Gasteiger partial charge >= 0.3 is 5.97 Å². The molecule has 2 fully saturated rings. The molecule has 0 radical (unpaired) electrons. The molecule has 2 unspecified atom stereocenters. The monoisotopic (exact) mass is 540 g/mol. The Labute approximate surface area is 210 Å². The number of nitrogens with one attached hydrogen (secondary N) is 1. The number of hydrogen-bond acceptors (Lipinski definition) is 9. The minimum Gasteiger partial charge on any atom is -0.466 e. The molecule has 3 aliphatic heterocycles. The maximum absolute atomic E-state index is 13.8. The quantitative estimate of drug-likeness (QED) is 0.560. The number of hydrogen-bond donors (Lipinski definition) is 1. The minimum absolute atomic E-state index is 0.112. The van der Waals surface area contributed by atoms with E-state index < -0.39 is 33.1 Å². The zero-order chi connectivity index (χ0) is 24.7. The van der Waals surface area contributed by atoms with E-state index in [2.05, 4.69) is 10.3 Å². The van der Waals surface area contributed by atoms with E-state index in [0.29, 0.717) is 35.1 Å². The van der Waals surface area contributed by atoms with Crippen molar-refractivity contribution in [3.63, 3.8) is 0 Å². The van der Waals surface area contributed by atoms with E-state index >= 15 is 0 Å². The minimum atomic E-state index is -3.51. The van der Waals surface area contributed by atoms with Crippen molar-refractivity contribution >= 4 is 44.8 Å². The number of sulfonamides is 1. The fourth-order valence-corrected chi connectivity index (χ4v) is 6.97. The van der Waals surface area contributed by atoms with Crippen LogP contribution in [0.25, 0.3) is 0 Å². The third-order valence-corrected chi connectivity index (χ3v) is 9.59. The number of carbonyl (C=O) groups excluding carboxylic acids is 1. The summed E-state index contributed by atoms with van der Waals surface area (Å²) in [6.45, 7) is 0.874. The number of rotatable bonds is 6. The second-order valence-corrected chi connectivity index (χ2v) is 11.9. The second kappa shape index (κ2) is 9.58. The van der Waals surface area contributed by atoms with Crippen molar-refractivity contribution < 1.29 is 27.1 Å². The number of benzene rings is 1. The van der Waals surface area contributed by atoms with Crippen LogP contribution in [-0.4, -0.2) is 68.2 Å². The molecule has 2 saturated heterocycles. The van der Waals surface area contributed by atoms with E-state index in [1.807, 2.05) is 0 Å². The van der Waals surface area contributed by atoms with Crippen molar-refractivity contribution in [2.24, 2.45) is 10.9 Å². The van der Waals surface area contributed by atoms with Gasteiger partial charge in [0, 0.05) is 46.9 Å². The summed E-state index contributed by atoms with van der Waals surface area (Å²) in [5.41, 5.74) is 1.14. The molecule has 5 rings (SSSR count). The Bertz CT molecular complexity index is 1310. The van der Waals surface area contributed by atoms with Crippen LogP contribution < -0.4 is 5.32 Å². The summed E-state index contributed by atoms with van der Waals surface area (Å²) in [6, 6.07) is 3.01. The van der Waals surface area contributed by atoms with E-state index in [1.54, 1.807) is 11.6 Å². The number of halogens is 2. The summed E-state index contributed by atoms with van der Waals surface area (Å²) in [4.78, 5) is 22.1. The molecular weight excluding hydrogens is 519 g/mol. The van der Waals surface area contributed by atoms with Crippen molar-refractivity contribution in [2.45, 2.75) is 17.7 Å². The molecule has 186 valence electrons. The van der Waals surface area contributed by atoms with Crippen molar-refractivity contribution in [1.82, 2.24) is 14.6 Å². The van der Waals surface area contributed by atoms with Gasteiger partial charge in [-0.3, -0.25) is 4.99 Å². The van der Waals surface area contributed by atoms with Crippen molar-refractivity contribution in [1.29, 1.82) is 0 Å². The number of carbonyl (C=O) groups is 1. The van der Waals surface area contributed by atoms with Crippen LogP contribution >= 0.6 is 22.9 Å². The van der Waals surface area contributed by atoms with Crippen LogP contribution in [0.5, 0.6) is 0 Å². The van der Waals surface area contributed by atoms with Crippen LogP contribution in [0.3, 0.4) is 0 Å². The van der Waals surface area contributed by atoms with Crippen LogP contribution in [0.2, 0.25) is 5.02 Å². The van der Waals surface area contributed by atoms with Gasteiger partial charge in [-0.05, 0) is 18.6 Å². The zero-order valence-electron chi connectivity index (χ0n) is 18.6. The first-order chi connectivity index (χ1) is 16.8. The van der Waals surface area contributed by atoms with Gasteiger partial charge in [0.05, 0.1) is 25.9 Å². The van der Waals surface area contributed by atoms with Crippen LogP contribution in [0.15, 0.2) is 46.0 Å². The number of esters is 1. The molecule has 0 aliphatic carbocycles. The third kappa shape index (κ3) is 4.49. The first kappa shape index (κ1) is 24.3. The highest BCUT2D eigenvalue weighted by molar-refractivity contribution is 7.89. The number of nitrogens with zero attached hydrogens (tertiary/aromatic N) is 3. The first-order valence-electron chi connectivity index (χ1n) is 10.9. The summed E-state index contributed by atoms with van der Waals surface area (Å²) in [7, 11) is -2.25. The molecule has 35 heavy (non-hydrogen) atoms. The SMILES string of the molecule is COC(=O)C1=C(C2CCN(S(=O)(=O)C3COC3)C2)NC(c2nccs2)=NC1c1ccc(F)cc1Cl. The smallest absolute Gasteiger partial charge is 0.338 e. The maximum atomic E-state index is 13.8. The normalized spacial score (nSPS) is 23.6. The molecule has 0 spiro atoms. The average Bonchev–Trinajstić information content (AvgIpc) is 3.49.